The molecule has 0 aliphatic heterocycles. The SMILES string of the molecule is CSc1ccc(N(C)c2cc(-c3c(F)cccc3F)nnc2C(=O)O)cn1. The molecular formula is C18H14F2N4O2S. The highest BCUT2D eigenvalue weighted by molar-refractivity contribution is 7.98. The first-order valence-corrected chi connectivity index (χ1v) is 8.94. The van der Waals surface area contributed by atoms with Gasteiger partial charge in [-0.1, -0.05) is 6.07 Å². The first kappa shape index (κ1) is 18.7. The number of carboxylic acids is 1. The Bertz CT molecular complexity index is 979. The standard InChI is InChI=1S/C18H14F2N4O2S/c1-24(10-6-7-15(27-2)21-9-10)14-8-13(22-23-17(14)18(25)26)16-11(19)4-3-5-12(16)20/h3-9H,1-2H3,(H,25,26). The monoisotopic (exact) mass is 388 g/mol. The van der Waals surface area contributed by atoms with Crippen LogP contribution < -0.4 is 4.90 Å². The summed E-state index contributed by atoms with van der Waals surface area (Å²) >= 11 is 1.47. The molecule has 1 aromatic carbocycles. The van der Waals surface area contributed by atoms with Crippen LogP contribution >= 0.6 is 11.8 Å². The second kappa shape index (κ2) is 7.67. The molecule has 2 aromatic heterocycles. The van der Waals surface area contributed by atoms with E-state index in [9.17, 15) is 18.7 Å². The van der Waals surface area contributed by atoms with E-state index in [2.05, 4.69) is 15.2 Å². The normalized spacial score (nSPS) is 10.7. The van der Waals surface area contributed by atoms with Gasteiger partial charge >= 0.3 is 5.97 Å². The molecule has 0 atom stereocenters. The van der Waals surface area contributed by atoms with E-state index in [1.807, 2.05) is 6.26 Å². The summed E-state index contributed by atoms with van der Waals surface area (Å²) in [5.74, 6) is -2.93. The fourth-order valence-electron chi connectivity index (χ4n) is 2.49. The van der Waals surface area contributed by atoms with Crippen LogP contribution in [0.25, 0.3) is 11.3 Å². The number of aromatic nitrogens is 3. The van der Waals surface area contributed by atoms with Crippen molar-refractivity contribution in [1.82, 2.24) is 15.2 Å². The number of hydrogen-bond acceptors (Lipinski definition) is 6. The maximum Gasteiger partial charge on any atom is 0.358 e. The number of halogens is 2. The van der Waals surface area contributed by atoms with Crippen LogP contribution in [0.1, 0.15) is 10.5 Å². The van der Waals surface area contributed by atoms with E-state index in [-0.39, 0.29) is 22.6 Å². The van der Waals surface area contributed by atoms with E-state index in [1.54, 1.807) is 25.4 Å². The van der Waals surface area contributed by atoms with Crippen molar-refractivity contribution in [2.75, 3.05) is 18.2 Å². The van der Waals surface area contributed by atoms with Crippen molar-refractivity contribution in [1.29, 1.82) is 0 Å². The van der Waals surface area contributed by atoms with Crippen LogP contribution in [0, 0.1) is 11.6 Å². The van der Waals surface area contributed by atoms with Crippen LogP contribution in [-0.4, -0.2) is 39.6 Å². The summed E-state index contributed by atoms with van der Waals surface area (Å²) < 4.78 is 28.2. The number of aromatic carboxylic acids is 1. The van der Waals surface area contributed by atoms with Crippen LogP contribution in [0.5, 0.6) is 0 Å². The van der Waals surface area contributed by atoms with Gasteiger partial charge in [0.05, 0.1) is 28.2 Å². The van der Waals surface area contributed by atoms with Gasteiger partial charge < -0.3 is 10.0 Å². The first-order valence-electron chi connectivity index (χ1n) is 7.71. The van der Waals surface area contributed by atoms with Gasteiger partial charge in [0.25, 0.3) is 0 Å². The lowest BCUT2D eigenvalue weighted by Gasteiger charge is -2.21. The lowest BCUT2D eigenvalue weighted by atomic mass is 10.1. The van der Waals surface area contributed by atoms with Crippen molar-refractivity contribution < 1.29 is 18.7 Å². The van der Waals surface area contributed by atoms with E-state index >= 15 is 0 Å². The highest BCUT2D eigenvalue weighted by Crippen LogP contribution is 2.31. The Morgan fingerprint density at radius 3 is 2.41 bits per heavy atom. The van der Waals surface area contributed by atoms with Gasteiger partial charge in [0.2, 0.25) is 0 Å². The fraction of sp³-hybridized carbons (Fsp3) is 0.111. The van der Waals surface area contributed by atoms with Gasteiger partial charge in [-0.2, -0.15) is 0 Å². The van der Waals surface area contributed by atoms with Crippen molar-refractivity contribution >= 4 is 29.1 Å². The predicted molar refractivity (Wildman–Crippen MR) is 98.4 cm³/mol. The number of thioether (sulfide) groups is 1. The molecule has 0 spiro atoms. The summed E-state index contributed by atoms with van der Waals surface area (Å²) in [5, 5.41) is 17.6. The Balaban J connectivity index is 2.13. The molecule has 0 amide bonds. The highest BCUT2D eigenvalue weighted by atomic mass is 32.2. The number of carbonyl (C=O) groups is 1. The van der Waals surface area contributed by atoms with Crippen molar-refractivity contribution in [2.24, 2.45) is 0 Å². The highest BCUT2D eigenvalue weighted by Gasteiger charge is 2.21. The second-order valence-electron chi connectivity index (χ2n) is 5.48. The number of benzene rings is 1. The smallest absolute Gasteiger partial charge is 0.358 e. The zero-order valence-electron chi connectivity index (χ0n) is 14.3. The average Bonchev–Trinajstić information content (AvgIpc) is 2.67. The maximum absolute atomic E-state index is 14.1. The number of carboxylic acid groups (broad SMARTS) is 1. The molecule has 0 saturated heterocycles. The van der Waals surface area contributed by atoms with E-state index in [0.29, 0.717) is 5.69 Å². The summed E-state index contributed by atoms with van der Waals surface area (Å²) in [5.41, 5.74) is -0.0948. The number of nitrogens with zero attached hydrogens (tertiary/aromatic N) is 4. The minimum absolute atomic E-state index is 0.105. The van der Waals surface area contributed by atoms with E-state index in [1.165, 1.54) is 28.8 Å². The second-order valence-corrected chi connectivity index (χ2v) is 6.31. The molecule has 0 radical (unpaired) electrons. The largest absolute Gasteiger partial charge is 0.476 e. The van der Waals surface area contributed by atoms with Crippen molar-refractivity contribution in [3.63, 3.8) is 0 Å². The van der Waals surface area contributed by atoms with E-state index in [0.717, 1.165) is 17.2 Å². The third kappa shape index (κ3) is 3.72. The Kier molecular flexibility index (Phi) is 5.31. The van der Waals surface area contributed by atoms with Crippen LogP contribution in [0.3, 0.4) is 0 Å². The molecule has 3 aromatic rings. The number of hydrogen-bond donors (Lipinski definition) is 1. The molecule has 1 N–H and O–H groups in total. The molecule has 0 bridgehead atoms. The third-order valence-electron chi connectivity index (χ3n) is 3.87. The number of anilines is 2. The number of rotatable bonds is 5. The first-order chi connectivity index (χ1) is 12.9. The molecule has 0 fully saturated rings. The Morgan fingerprint density at radius 2 is 1.85 bits per heavy atom. The van der Waals surface area contributed by atoms with Gasteiger partial charge in [0.1, 0.15) is 17.3 Å². The van der Waals surface area contributed by atoms with Gasteiger partial charge in [-0.3, -0.25) is 0 Å². The van der Waals surface area contributed by atoms with Crippen molar-refractivity contribution in [3.05, 3.63) is 59.9 Å². The van der Waals surface area contributed by atoms with Crippen LogP contribution in [0.2, 0.25) is 0 Å². The molecule has 0 saturated carbocycles. The van der Waals surface area contributed by atoms with Gasteiger partial charge in [0, 0.05) is 7.05 Å². The quantitative estimate of drug-likeness (QED) is 0.662. The minimum atomic E-state index is -1.31. The zero-order chi connectivity index (χ0) is 19.6. The minimum Gasteiger partial charge on any atom is -0.476 e. The zero-order valence-corrected chi connectivity index (χ0v) is 15.2. The summed E-state index contributed by atoms with van der Waals surface area (Å²) in [6, 6.07) is 8.26. The maximum atomic E-state index is 14.1. The molecule has 3 rings (SSSR count). The molecule has 9 heteroatoms. The number of pyridine rings is 1. The van der Waals surface area contributed by atoms with E-state index in [4.69, 9.17) is 0 Å². The van der Waals surface area contributed by atoms with Crippen LogP contribution in [0.4, 0.5) is 20.2 Å². The molecule has 0 aliphatic rings. The van der Waals surface area contributed by atoms with Crippen molar-refractivity contribution in [2.45, 2.75) is 5.03 Å². The molecular weight excluding hydrogens is 374 g/mol. The van der Waals surface area contributed by atoms with Crippen LogP contribution in [-0.2, 0) is 0 Å². The molecule has 138 valence electrons. The Hall–Kier alpha value is -3.07. The van der Waals surface area contributed by atoms with Crippen molar-refractivity contribution in [3.8, 4) is 11.3 Å². The van der Waals surface area contributed by atoms with Gasteiger partial charge in [-0.05, 0) is 36.6 Å². The molecule has 0 aliphatic carbocycles. The summed E-state index contributed by atoms with van der Waals surface area (Å²) in [6.07, 6.45) is 3.46. The molecule has 6 nitrogen and oxygen atoms in total. The summed E-state index contributed by atoms with van der Waals surface area (Å²) in [7, 11) is 1.61. The molecule has 27 heavy (non-hydrogen) atoms. The van der Waals surface area contributed by atoms with Gasteiger partial charge in [0.15, 0.2) is 5.69 Å². The van der Waals surface area contributed by atoms with E-state index < -0.39 is 17.6 Å². The summed E-state index contributed by atoms with van der Waals surface area (Å²) in [4.78, 5) is 17.3. The van der Waals surface area contributed by atoms with Gasteiger partial charge in [-0.25, -0.2) is 18.6 Å². The molecule has 0 unspecified atom stereocenters. The fourth-order valence-corrected chi connectivity index (χ4v) is 2.85. The Labute approximate surface area is 157 Å². The predicted octanol–water partition coefficient (Wildman–Crippen LogP) is 4.00. The average molecular weight is 388 g/mol. The molecule has 2 heterocycles. The lowest BCUT2D eigenvalue weighted by Crippen LogP contribution is -2.17. The summed E-state index contributed by atoms with van der Waals surface area (Å²) in [6.45, 7) is 0. The topological polar surface area (TPSA) is 79.2 Å². The van der Waals surface area contributed by atoms with Crippen LogP contribution in [0.15, 0.2) is 47.6 Å². The lowest BCUT2D eigenvalue weighted by molar-refractivity contribution is 0.0690. The van der Waals surface area contributed by atoms with Gasteiger partial charge in [-0.15, -0.1) is 22.0 Å². The third-order valence-corrected chi connectivity index (χ3v) is 4.53. The Morgan fingerprint density at radius 1 is 1.15 bits per heavy atom.